The Morgan fingerprint density at radius 1 is 1.50 bits per heavy atom. The fourth-order valence-electron chi connectivity index (χ4n) is 1.38. The minimum Gasteiger partial charge on any atom is -0.481 e. The van der Waals surface area contributed by atoms with E-state index in [1.807, 2.05) is 5.43 Å². The van der Waals surface area contributed by atoms with E-state index in [-0.39, 0.29) is 18.2 Å². The Morgan fingerprint density at radius 2 is 2.20 bits per heavy atom. The van der Waals surface area contributed by atoms with Crippen LogP contribution >= 0.6 is 11.8 Å². The van der Waals surface area contributed by atoms with Crippen molar-refractivity contribution < 1.29 is 19.6 Å². The van der Waals surface area contributed by atoms with Gasteiger partial charge in [-0.3, -0.25) is 20.3 Å². The third-order valence-corrected chi connectivity index (χ3v) is 3.46. The average Bonchev–Trinajstić information content (AvgIpc) is 2.37. The number of amides is 2. The number of nitro groups is 1. The minimum atomic E-state index is -0.872. The number of carboxylic acid groups (broad SMARTS) is 1. The highest BCUT2D eigenvalue weighted by molar-refractivity contribution is 8.00. The number of carbonyl (C=O) groups is 2. The van der Waals surface area contributed by atoms with Gasteiger partial charge in [-0.25, -0.2) is 15.6 Å². The van der Waals surface area contributed by atoms with E-state index in [4.69, 9.17) is 10.9 Å². The second kappa shape index (κ2) is 11.2. The Hall–Kier alpha value is -1.68. The van der Waals surface area contributed by atoms with Crippen molar-refractivity contribution in [2.24, 2.45) is 10.8 Å². The summed E-state index contributed by atoms with van der Waals surface area (Å²) >= 11 is 1.30. The molecule has 1 atom stereocenters. The van der Waals surface area contributed by atoms with Crippen molar-refractivity contribution in [3.8, 4) is 0 Å². The summed E-state index contributed by atoms with van der Waals surface area (Å²) in [6, 6.07) is -0.683. The number of hydrazine groups is 1. The molecule has 0 aromatic heterocycles. The Kier molecular flexibility index (Phi) is 10.2. The van der Waals surface area contributed by atoms with Crippen LogP contribution in [-0.4, -0.2) is 45.8 Å². The van der Waals surface area contributed by atoms with Crippen molar-refractivity contribution >= 4 is 30.0 Å². The van der Waals surface area contributed by atoms with Gasteiger partial charge in [0.2, 0.25) is 6.54 Å². The molecule has 20 heavy (non-hydrogen) atoms. The molecule has 0 aliphatic carbocycles. The van der Waals surface area contributed by atoms with Gasteiger partial charge in [-0.15, -0.1) is 11.8 Å². The summed E-state index contributed by atoms with van der Waals surface area (Å²) in [5, 5.41) is 18.8. The van der Waals surface area contributed by atoms with Gasteiger partial charge in [-0.2, -0.15) is 0 Å². The van der Waals surface area contributed by atoms with E-state index in [0.29, 0.717) is 25.0 Å². The molecule has 0 rings (SSSR count). The Labute approximate surface area is 120 Å². The van der Waals surface area contributed by atoms with Crippen LogP contribution in [0.3, 0.4) is 0 Å². The summed E-state index contributed by atoms with van der Waals surface area (Å²) in [6.07, 6.45) is 3.05. The largest absolute Gasteiger partial charge is 0.481 e. The number of urea groups is 1. The highest BCUT2D eigenvalue weighted by Crippen LogP contribution is 2.17. The molecule has 0 aromatic rings. The van der Waals surface area contributed by atoms with Crippen molar-refractivity contribution in [3.63, 3.8) is 0 Å². The molecule has 0 saturated heterocycles. The number of nitrogens with zero attached hydrogens (tertiary/aromatic N) is 2. The number of hydrogen-bond donors (Lipinski definition) is 3. The summed E-state index contributed by atoms with van der Waals surface area (Å²) in [4.78, 5) is 34.6. The molecule has 0 aromatic carbocycles. The zero-order chi connectivity index (χ0) is 15.4. The van der Waals surface area contributed by atoms with Gasteiger partial charge in [0.1, 0.15) is 0 Å². The molecule has 2 amide bonds. The molecule has 114 valence electrons. The van der Waals surface area contributed by atoms with Gasteiger partial charge in [0, 0.05) is 23.3 Å². The Bertz CT molecular complexity index is 364. The lowest BCUT2D eigenvalue weighted by atomic mass is 10.1. The first kappa shape index (κ1) is 18.3. The first-order chi connectivity index (χ1) is 9.45. The maximum Gasteiger partial charge on any atom is 0.354 e. The number of nitrogens with two attached hydrogens (primary N) is 1. The first-order valence-corrected chi connectivity index (χ1v) is 6.99. The second-order valence-corrected chi connectivity index (χ2v) is 5.20. The van der Waals surface area contributed by atoms with Crippen LogP contribution < -0.4 is 11.3 Å². The maximum atomic E-state index is 10.7. The van der Waals surface area contributed by atoms with Gasteiger partial charge in [0.15, 0.2) is 0 Å². The molecule has 0 fully saturated rings. The van der Waals surface area contributed by atoms with E-state index in [1.54, 1.807) is 0 Å². The summed E-state index contributed by atoms with van der Waals surface area (Å²) in [5.74, 6) is 4.31. The normalized spacial score (nSPS) is 12.2. The van der Waals surface area contributed by atoms with Crippen LogP contribution in [0.25, 0.3) is 0 Å². The zero-order valence-electron chi connectivity index (χ0n) is 10.9. The Balaban J connectivity index is 4.01. The highest BCUT2D eigenvalue weighted by atomic mass is 32.2. The Morgan fingerprint density at radius 3 is 2.75 bits per heavy atom. The van der Waals surface area contributed by atoms with Gasteiger partial charge < -0.3 is 5.11 Å². The standard InChI is InChI=1S/C10H18N4O5S/c11-13-10(17)12-5-6-20-8(7-14(18)19)3-1-2-4-9(15)16/h5,8H,1-4,6-7,11H2,(H,13,17)(H,15,16)/t8-/m0/s1. The van der Waals surface area contributed by atoms with E-state index < -0.39 is 16.9 Å². The molecule has 0 bridgehead atoms. The average molecular weight is 306 g/mol. The first-order valence-electron chi connectivity index (χ1n) is 5.94. The van der Waals surface area contributed by atoms with Crippen LogP contribution in [0.5, 0.6) is 0 Å². The van der Waals surface area contributed by atoms with Crippen LogP contribution in [-0.2, 0) is 4.79 Å². The van der Waals surface area contributed by atoms with Gasteiger partial charge in [0.05, 0.1) is 5.25 Å². The number of thioether (sulfide) groups is 1. The summed E-state index contributed by atoms with van der Waals surface area (Å²) < 4.78 is 0. The monoisotopic (exact) mass is 306 g/mol. The van der Waals surface area contributed by atoms with Crippen molar-refractivity contribution in [2.45, 2.75) is 30.9 Å². The van der Waals surface area contributed by atoms with Crippen molar-refractivity contribution in [1.82, 2.24) is 5.43 Å². The zero-order valence-corrected chi connectivity index (χ0v) is 11.7. The van der Waals surface area contributed by atoms with E-state index in [9.17, 15) is 19.7 Å². The molecule has 0 heterocycles. The van der Waals surface area contributed by atoms with Gasteiger partial charge in [-0.05, 0) is 12.8 Å². The number of carbonyl (C=O) groups excluding carboxylic acids is 1. The lowest BCUT2D eigenvalue weighted by Crippen LogP contribution is -2.27. The van der Waals surface area contributed by atoms with Gasteiger partial charge in [-0.1, -0.05) is 6.42 Å². The molecule has 0 aliphatic rings. The van der Waals surface area contributed by atoms with Crippen molar-refractivity contribution in [2.75, 3.05) is 12.3 Å². The molecule has 0 saturated carbocycles. The van der Waals surface area contributed by atoms with Crippen LogP contribution in [0.15, 0.2) is 4.99 Å². The third kappa shape index (κ3) is 11.4. The van der Waals surface area contributed by atoms with Gasteiger partial charge >= 0.3 is 12.0 Å². The third-order valence-electron chi connectivity index (χ3n) is 2.26. The predicted molar refractivity (Wildman–Crippen MR) is 75.4 cm³/mol. The molecular weight excluding hydrogens is 288 g/mol. The predicted octanol–water partition coefficient (Wildman–Crippen LogP) is 0.664. The number of carboxylic acids is 1. The summed E-state index contributed by atoms with van der Waals surface area (Å²) in [6.45, 7) is -0.200. The molecule has 10 heteroatoms. The molecule has 0 unspecified atom stereocenters. The van der Waals surface area contributed by atoms with Crippen LogP contribution in [0.4, 0.5) is 4.79 Å². The molecule has 4 N–H and O–H groups in total. The molecule has 0 spiro atoms. The highest BCUT2D eigenvalue weighted by Gasteiger charge is 2.15. The number of aliphatic imine (C=N–C) groups is 1. The molecule has 9 nitrogen and oxygen atoms in total. The number of rotatable bonds is 10. The van der Waals surface area contributed by atoms with Crippen LogP contribution in [0.2, 0.25) is 0 Å². The number of hydrogen-bond acceptors (Lipinski definition) is 6. The topological polar surface area (TPSA) is 148 Å². The van der Waals surface area contributed by atoms with Crippen molar-refractivity contribution in [1.29, 1.82) is 0 Å². The van der Waals surface area contributed by atoms with E-state index in [2.05, 4.69) is 4.99 Å². The summed E-state index contributed by atoms with van der Waals surface area (Å²) in [5.41, 5.74) is 1.83. The lowest BCUT2D eigenvalue weighted by Gasteiger charge is -2.10. The fourth-order valence-corrected chi connectivity index (χ4v) is 2.37. The molecule has 0 aliphatic heterocycles. The van der Waals surface area contributed by atoms with Gasteiger partial charge in [0.25, 0.3) is 0 Å². The minimum absolute atomic E-state index is 0.0635. The fraction of sp³-hybridized carbons (Fsp3) is 0.700. The van der Waals surface area contributed by atoms with Crippen LogP contribution in [0.1, 0.15) is 25.7 Å². The van der Waals surface area contributed by atoms with Crippen molar-refractivity contribution in [3.05, 3.63) is 10.1 Å². The quantitative estimate of drug-likeness (QED) is 0.134. The second-order valence-electron chi connectivity index (χ2n) is 3.87. The summed E-state index contributed by atoms with van der Waals surface area (Å²) in [7, 11) is 0. The SMILES string of the molecule is NNC(=O)N=CCS[C@@H](CCCCC(=O)O)C[N+](=O)[O-]. The van der Waals surface area contributed by atoms with E-state index >= 15 is 0 Å². The molecule has 0 radical (unpaired) electrons. The van der Waals surface area contributed by atoms with E-state index in [0.717, 1.165) is 0 Å². The van der Waals surface area contributed by atoms with Crippen LogP contribution in [0, 0.1) is 10.1 Å². The van der Waals surface area contributed by atoms with E-state index in [1.165, 1.54) is 18.0 Å². The molecular formula is C10H18N4O5S. The smallest absolute Gasteiger partial charge is 0.354 e. The number of nitrogens with one attached hydrogen (secondary N) is 1. The maximum absolute atomic E-state index is 10.7. The lowest BCUT2D eigenvalue weighted by molar-refractivity contribution is -0.479. The number of aliphatic carboxylic acids is 1. The number of unbranched alkanes of at least 4 members (excludes halogenated alkanes) is 1.